The molecule has 0 bridgehead atoms. The van der Waals surface area contributed by atoms with E-state index in [1.54, 1.807) is 12.1 Å². The first-order chi connectivity index (χ1) is 7.67. The minimum absolute atomic E-state index is 0.212. The molecule has 4 heteroatoms. The van der Waals surface area contributed by atoms with Gasteiger partial charge >= 0.3 is 0 Å². The number of hydrogen-bond donors (Lipinski definition) is 1. The SMILES string of the molecule is CNCCN(C)Cc1ccc(OC)cc1F. The van der Waals surface area contributed by atoms with Crippen LogP contribution in [0.15, 0.2) is 18.2 Å². The standard InChI is InChI=1S/C12H19FN2O/c1-14-6-7-15(2)9-10-4-5-11(16-3)8-12(10)13/h4-5,8,14H,6-7,9H2,1-3H3. The molecule has 0 saturated heterocycles. The minimum atomic E-state index is -0.212. The lowest BCUT2D eigenvalue weighted by molar-refractivity contribution is 0.322. The normalized spacial score (nSPS) is 10.8. The summed E-state index contributed by atoms with van der Waals surface area (Å²) in [7, 11) is 5.41. The second-order valence-corrected chi connectivity index (χ2v) is 3.80. The molecule has 0 unspecified atom stereocenters. The van der Waals surface area contributed by atoms with E-state index < -0.39 is 0 Å². The van der Waals surface area contributed by atoms with E-state index in [1.165, 1.54) is 13.2 Å². The summed E-state index contributed by atoms with van der Waals surface area (Å²) in [5, 5.41) is 3.06. The highest BCUT2D eigenvalue weighted by Crippen LogP contribution is 2.17. The third-order valence-electron chi connectivity index (χ3n) is 2.44. The number of nitrogens with zero attached hydrogens (tertiary/aromatic N) is 1. The van der Waals surface area contributed by atoms with E-state index >= 15 is 0 Å². The maximum Gasteiger partial charge on any atom is 0.131 e. The van der Waals surface area contributed by atoms with Crippen molar-refractivity contribution in [2.75, 3.05) is 34.3 Å². The van der Waals surface area contributed by atoms with Crippen LogP contribution < -0.4 is 10.1 Å². The zero-order chi connectivity index (χ0) is 12.0. The van der Waals surface area contributed by atoms with Crippen LogP contribution in [-0.4, -0.2) is 39.2 Å². The molecule has 1 rings (SSSR count). The van der Waals surface area contributed by atoms with Gasteiger partial charge in [0.25, 0.3) is 0 Å². The summed E-state index contributed by atoms with van der Waals surface area (Å²) in [5.41, 5.74) is 0.694. The van der Waals surface area contributed by atoms with Crippen molar-refractivity contribution in [3.05, 3.63) is 29.6 Å². The van der Waals surface area contributed by atoms with Crippen molar-refractivity contribution in [3.8, 4) is 5.75 Å². The van der Waals surface area contributed by atoms with E-state index in [9.17, 15) is 4.39 Å². The molecule has 0 aliphatic heterocycles. The first-order valence-electron chi connectivity index (χ1n) is 5.33. The van der Waals surface area contributed by atoms with E-state index in [0.717, 1.165) is 13.1 Å². The van der Waals surface area contributed by atoms with Gasteiger partial charge in [-0.3, -0.25) is 0 Å². The summed E-state index contributed by atoms with van der Waals surface area (Å²) < 4.78 is 18.6. The predicted molar refractivity (Wildman–Crippen MR) is 63.2 cm³/mol. The van der Waals surface area contributed by atoms with Crippen LogP contribution >= 0.6 is 0 Å². The Labute approximate surface area is 96.2 Å². The van der Waals surface area contributed by atoms with Gasteiger partial charge in [0.05, 0.1) is 7.11 Å². The van der Waals surface area contributed by atoms with Crippen molar-refractivity contribution in [2.24, 2.45) is 0 Å². The molecule has 0 radical (unpaired) electrons. The maximum absolute atomic E-state index is 13.6. The average molecular weight is 226 g/mol. The second-order valence-electron chi connectivity index (χ2n) is 3.80. The Morgan fingerprint density at radius 2 is 2.19 bits per heavy atom. The van der Waals surface area contributed by atoms with Crippen LogP contribution in [0.25, 0.3) is 0 Å². The highest BCUT2D eigenvalue weighted by atomic mass is 19.1. The number of hydrogen-bond acceptors (Lipinski definition) is 3. The summed E-state index contributed by atoms with van der Waals surface area (Å²) in [6, 6.07) is 4.97. The third-order valence-corrected chi connectivity index (χ3v) is 2.44. The van der Waals surface area contributed by atoms with Crippen LogP contribution in [0, 0.1) is 5.82 Å². The van der Waals surface area contributed by atoms with E-state index in [2.05, 4.69) is 10.2 Å². The third kappa shape index (κ3) is 3.79. The lowest BCUT2D eigenvalue weighted by Gasteiger charge is -2.17. The van der Waals surface area contributed by atoms with Crippen molar-refractivity contribution in [1.29, 1.82) is 0 Å². The Kier molecular flexibility index (Phi) is 5.22. The number of methoxy groups -OCH3 is 1. The van der Waals surface area contributed by atoms with Gasteiger partial charge in [-0.05, 0) is 20.2 Å². The molecule has 3 nitrogen and oxygen atoms in total. The highest BCUT2D eigenvalue weighted by molar-refractivity contribution is 5.28. The van der Waals surface area contributed by atoms with E-state index in [1.807, 2.05) is 14.1 Å². The molecule has 0 aromatic heterocycles. The Balaban J connectivity index is 2.59. The molecule has 0 aliphatic rings. The van der Waals surface area contributed by atoms with Crippen LogP contribution in [-0.2, 0) is 6.54 Å². The maximum atomic E-state index is 13.6. The van der Waals surface area contributed by atoms with Gasteiger partial charge in [0.1, 0.15) is 11.6 Å². The summed E-state index contributed by atoms with van der Waals surface area (Å²) in [6.45, 7) is 2.40. The van der Waals surface area contributed by atoms with Gasteiger partial charge in [-0.25, -0.2) is 4.39 Å². The van der Waals surface area contributed by atoms with Gasteiger partial charge in [-0.2, -0.15) is 0 Å². The topological polar surface area (TPSA) is 24.5 Å². The molecule has 0 fully saturated rings. The molecule has 1 aromatic carbocycles. The number of halogens is 1. The monoisotopic (exact) mass is 226 g/mol. The fourth-order valence-electron chi connectivity index (χ4n) is 1.46. The quantitative estimate of drug-likeness (QED) is 0.795. The summed E-state index contributed by atoms with van der Waals surface area (Å²) in [4.78, 5) is 2.07. The Bertz CT molecular complexity index is 331. The number of nitrogens with one attached hydrogen (secondary N) is 1. The van der Waals surface area contributed by atoms with Crippen molar-refractivity contribution < 1.29 is 9.13 Å². The van der Waals surface area contributed by atoms with E-state index in [4.69, 9.17) is 4.74 Å². The largest absolute Gasteiger partial charge is 0.497 e. The molecular weight excluding hydrogens is 207 g/mol. The van der Waals surface area contributed by atoms with Gasteiger partial charge in [-0.15, -0.1) is 0 Å². The number of rotatable bonds is 6. The van der Waals surface area contributed by atoms with Gasteiger partial charge in [-0.1, -0.05) is 6.07 Å². The predicted octanol–water partition coefficient (Wildman–Crippen LogP) is 1.49. The van der Waals surface area contributed by atoms with E-state index in [-0.39, 0.29) is 5.82 Å². The van der Waals surface area contributed by atoms with Gasteiger partial charge < -0.3 is 15.0 Å². The first-order valence-corrected chi connectivity index (χ1v) is 5.33. The van der Waals surface area contributed by atoms with Crippen molar-refractivity contribution >= 4 is 0 Å². The van der Waals surface area contributed by atoms with Crippen LogP contribution in [0.5, 0.6) is 5.75 Å². The van der Waals surface area contributed by atoms with Crippen LogP contribution in [0.2, 0.25) is 0 Å². The number of ether oxygens (including phenoxy) is 1. The summed E-state index contributed by atoms with van der Waals surface area (Å²) >= 11 is 0. The zero-order valence-corrected chi connectivity index (χ0v) is 10.1. The lowest BCUT2D eigenvalue weighted by Crippen LogP contribution is -2.27. The molecule has 0 saturated carbocycles. The molecule has 16 heavy (non-hydrogen) atoms. The number of benzene rings is 1. The van der Waals surface area contributed by atoms with E-state index in [0.29, 0.717) is 17.9 Å². The smallest absolute Gasteiger partial charge is 0.131 e. The first kappa shape index (κ1) is 12.9. The highest BCUT2D eigenvalue weighted by Gasteiger charge is 2.06. The van der Waals surface area contributed by atoms with Crippen molar-refractivity contribution in [2.45, 2.75) is 6.54 Å². The molecular formula is C12H19FN2O. The Morgan fingerprint density at radius 3 is 2.75 bits per heavy atom. The lowest BCUT2D eigenvalue weighted by atomic mass is 10.2. The Morgan fingerprint density at radius 1 is 1.44 bits per heavy atom. The fourth-order valence-corrected chi connectivity index (χ4v) is 1.46. The van der Waals surface area contributed by atoms with Crippen LogP contribution in [0.1, 0.15) is 5.56 Å². The second kappa shape index (κ2) is 6.45. The minimum Gasteiger partial charge on any atom is -0.497 e. The zero-order valence-electron chi connectivity index (χ0n) is 10.1. The molecule has 0 amide bonds. The number of likely N-dealkylation sites (N-methyl/N-ethyl adjacent to an activating group) is 2. The van der Waals surface area contributed by atoms with Gasteiger partial charge in [0.15, 0.2) is 0 Å². The van der Waals surface area contributed by atoms with Gasteiger partial charge in [0.2, 0.25) is 0 Å². The van der Waals surface area contributed by atoms with Crippen molar-refractivity contribution in [3.63, 3.8) is 0 Å². The molecule has 1 N–H and O–H groups in total. The molecule has 0 heterocycles. The summed E-state index contributed by atoms with van der Waals surface area (Å²) in [5.74, 6) is 0.342. The molecule has 0 atom stereocenters. The Hall–Kier alpha value is -1.13. The molecule has 1 aromatic rings. The molecule has 90 valence electrons. The fraction of sp³-hybridized carbons (Fsp3) is 0.500. The van der Waals surface area contributed by atoms with Crippen LogP contribution in [0.4, 0.5) is 4.39 Å². The molecule has 0 spiro atoms. The van der Waals surface area contributed by atoms with Crippen LogP contribution in [0.3, 0.4) is 0 Å². The van der Waals surface area contributed by atoms with Gasteiger partial charge in [0, 0.05) is 31.3 Å². The summed E-state index contributed by atoms with van der Waals surface area (Å²) in [6.07, 6.45) is 0. The van der Waals surface area contributed by atoms with Crippen molar-refractivity contribution in [1.82, 2.24) is 10.2 Å². The average Bonchev–Trinajstić information content (AvgIpc) is 2.29. The molecule has 0 aliphatic carbocycles.